The van der Waals surface area contributed by atoms with Gasteiger partial charge in [-0.15, -0.1) is 0 Å². The van der Waals surface area contributed by atoms with E-state index in [0.717, 1.165) is 0 Å². The van der Waals surface area contributed by atoms with E-state index in [9.17, 15) is 9.59 Å². The molecule has 0 bridgehead atoms. The Bertz CT molecular complexity index is 957. The van der Waals surface area contributed by atoms with E-state index in [2.05, 4.69) is 10.6 Å². The first-order valence-corrected chi connectivity index (χ1v) is 9.04. The van der Waals surface area contributed by atoms with Crippen molar-refractivity contribution in [3.63, 3.8) is 0 Å². The molecule has 0 aliphatic carbocycles. The van der Waals surface area contributed by atoms with Gasteiger partial charge in [0.05, 0.1) is 29.1 Å². The number of halogens is 1. The number of nitrogens with one attached hydrogen (secondary N) is 2. The van der Waals surface area contributed by atoms with Gasteiger partial charge in [0.2, 0.25) is 0 Å². The third-order valence-corrected chi connectivity index (χ3v) is 4.25. The molecule has 1 aromatic heterocycles. The minimum atomic E-state index is -0.806. The van der Waals surface area contributed by atoms with E-state index in [1.165, 1.54) is 6.26 Å². The number of hydrogen-bond donors (Lipinski definition) is 2. The number of ether oxygens (including phenoxy) is 1. The molecule has 6 nitrogen and oxygen atoms in total. The molecular formula is C21H19ClN2O4. The number of amides is 2. The minimum Gasteiger partial charge on any atom is -0.479 e. The summed E-state index contributed by atoms with van der Waals surface area (Å²) in [5.41, 5.74) is 0.728. The van der Waals surface area contributed by atoms with Crippen LogP contribution in [0.3, 0.4) is 0 Å². The van der Waals surface area contributed by atoms with Crippen LogP contribution in [0, 0.1) is 0 Å². The summed E-state index contributed by atoms with van der Waals surface area (Å²) in [6, 6.07) is 17.2. The molecule has 3 aromatic rings. The molecule has 2 aromatic carbocycles. The zero-order valence-electron chi connectivity index (χ0n) is 15.1. The molecule has 0 unspecified atom stereocenters. The third kappa shape index (κ3) is 4.92. The van der Waals surface area contributed by atoms with Crippen LogP contribution >= 0.6 is 11.6 Å². The van der Waals surface area contributed by atoms with Crippen molar-refractivity contribution >= 4 is 29.1 Å². The Labute approximate surface area is 167 Å². The molecule has 1 atom stereocenters. The van der Waals surface area contributed by atoms with E-state index in [-0.39, 0.29) is 12.5 Å². The van der Waals surface area contributed by atoms with Gasteiger partial charge in [0, 0.05) is 0 Å². The first-order chi connectivity index (χ1) is 13.5. The summed E-state index contributed by atoms with van der Waals surface area (Å²) in [5.74, 6) is 0.325. The SMILES string of the molecule is C[C@@H](Oc1ccccc1Cl)C(=O)Nc1ccccc1C(=O)NCc1ccco1. The lowest BCUT2D eigenvalue weighted by Gasteiger charge is -2.17. The molecule has 2 amide bonds. The van der Waals surface area contributed by atoms with Crippen molar-refractivity contribution in [3.8, 4) is 5.75 Å². The number of rotatable bonds is 7. The minimum absolute atomic E-state index is 0.250. The summed E-state index contributed by atoms with van der Waals surface area (Å²) in [6.07, 6.45) is 0.731. The van der Waals surface area contributed by atoms with Gasteiger partial charge in [-0.2, -0.15) is 0 Å². The Hall–Kier alpha value is -3.25. The second kappa shape index (κ2) is 9.10. The second-order valence-corrected chi connectivity index (χ2v) is 6.39. The average Bonchev–Trinajstić information content (AvgIpc) is 3.22. The van der Waals surface area contributed by atoms with Crippen LogP contribution in [0.1, 0.15) is 23.0 Å². The van der Waals surface area contributed by atoms with Crippen molar-refractivity contribution in [2.75, 3.05) is 5.32 Å². The highest BCUT2D eigenvalue weighted by Crippen LogP contribution is 2.24. The maximum atomic E-state index is 12.5. The van der Waals surface area contributed by atoms with Crippen LogP contribution < -0.4 is 15.4 Å². The first kappa shape index (κ1) is 19.5. The van der Waals surface area contributed by atoms with Gasteiger partial charge < -0.3 is 19.8 Å². The molecule has 0 saturated heterocycles. The quantitative estimate of drug-likeness (QED) is 0.622. The fourth-order valence-corrected chi connectivity index (χ4v) is 2.66. The molecule has 0 aliphatic heterocycles. The lowest BCUT2D eigenvalue weighted by molar-refractivity contribution is -0.122. The number of benzene rings is 2. The molecule has 0 saturated carbocycles. The number of para-hydroxylation sites is 2. The summed E-state index contributed by atoms with van der Waals surface area (Å²) < 4.78 is 10.8. The van der Waals surface area contributed by atoms with Crippen LogP contribution in [-0.2, 0) is 11.3 Å². The lowest BCUT2D eigenvalue weighted by atomic mass is 10.1. The zero-order valence-corrected chi connectivity index (χ0v) is 15.9. The van der Waals surface area contributed by atoms with Crippen molar-refractivity contribution in [1.29, 1.82) is 0 Å². The number of carbonyl (C=O) groups is 2. The maximum absolute atomic E-state index is 12.5. The second-order valence-electron chi connectivity index (χ2n) is 5.99. The Morgan fingerprint density at radius 1 is 1.07 bits per heavy atom. The Morgan fingerprint density at radius 3 is 2.57 bits per heavy atom. The van der Waals surface area contributed by atoms with Gasteiger partial charge >= 0.3 is 0 Å². The molecule has 0 aliphatic rings. The predicted molar refractivity (Wildman–Crippen MR) is 106 cm³/mol. The van der Waals surface area contributed by atoms with Gasteiger partial charge in [-0.25, -0.2) is 0 Å². The number of anilines is 1. The van der Waals surface area contributed by atoms with E-state index in [0.29, 0.717) is 27.8 Å². The molecule has 7 heteroatoms. The highest BCUT2D eigenvalue weighted by Gasteiger charge is 2.19. The molecule has 28 heavy (non-hydrogen) atoms. The standard InChI is InChI=1S/C21H19ClN2O4/c1-14(28-19-11-5-3-9-17(19)22)20(25)24-18-10-4-2-8-16(18)21(26)23-13-15-7-6-12-27-15/h2-12,14H,13H2,1H3,(H,23,26)(H,24,25)/t14-/m1/s1. The highest BCUT2D eigenvalue weighted by atomic mass is 35.5. The normalized spacial score (nSPS) is 11.5. The van der Waals surface area contributed by atoms with Crippen LogP contribution in [-0.4, -0.2) is 17.9 Å². The Morgan fingerprint density at radius 2 is 1.82 bits per heavy atom. The van der Waals surface area contributed by atoms with E-state index < -0.39 is 12.0 Å². The Balaban J connectivity index is 1.65. The van der Waals surface area contributed by atoms with Gasteiger partial charge in [-0.3, -0.25) is 9.59 Å². The van der Waals surface area contributed by atoms with Crippen LogP contribution in [0.25, 0.3) is 0 Å². The summed E-state index contributed by atoms with van der Waals surface area (Å²) in [7, 11) is 0. The molecule has 144 valence electrons. The molecule has 1 heterocycles. The number of carbonyl (C=O) groups excluding carboxylic acids is 2. The van der Waals surface area contributed by atoms with Gasteiger partial charge in [0.15, 0.2) is 6.10 Å². The summed E-state index contributed by atoms with van der Waals surface area (Å²) >= 11 is 6.06. The molecule has 0 radical (unpaired) electrons. The van der Waals surface area contributed by atoms with E-state index in [1.807, 2.05) is 0 Å². The molecule has 2 N–H and O–H groups in total. The fourth-order valence-electron chi connectivity index (χ4n) is 2.48. The van der Waals surface area contributed by atoms with Crippen LogP contribution in [0.5, 0.6) is 5.75 Å². The van der Waals surface area contributed by atoms with Crippen molar-refractivity contribution in [1.82, 2.24) is 5.32 Å². The van der Waals surface area contributed by atoms with Crippen molar-refractivity contribution in [2.24, 2.45) is 0 Å². The molecule has 0 fully saturated rings. The largest absolute Gasteiger partial charge is 0.479 e. The molecular weight excluding hydrogens is 380 g/mol. The summed E-state index contributed by atoms with van der Waals surface area (Å²) in [6.45, 7) is 1.86. The average molecular weight is 399 g/mol. The van der Waals surface area contributed by atoms with Gasteiger partial charge in [0.1, 0.15) is 11.5 Å². The Kier molecular flexibility index (Phi) is 6.34. The maximum Gasteiger partial charge on any atom is 0.265 e. The number of hydrogen-bond acceptors (Lipinski definition) is 4. The van der Waals surface area contributed by atoms with E-state index in [4.69, 9.17) is 20.8 Å². The van der Waals surface area contributed by atoms with Crippen molar-refractivity contribution in [3.05, 3.63) is 83.3 Å². The number of furan rings is 1. The first-order valence-electron chi connectivity index (χ1n) is 8.66. The van der Waals surface area contributed by atoms with Gasteiger partial charge in [-0.1, -0.05) is 35.9 Å². The zero-order chi connectivity index (χ0) is 19.9. The summed E-state index contributed by atoms with van der Waals surface area (Å²) in [4.78, 5) is 25.0. The van der Waals surface area contributed by atoms with Crippen LogP contribution in [0.2, 0.25) is 5.02 Å². The van der Waals surface area contributed by atoms with Crippen molar-refractivity contribution in [2.45, 2.75) is 19.6 Å². The van der Waals surface area contributed by atoms with Crippen molar-refractivity contribution < 1.29 is 18.7 Å². The molecule has 0 spiro atoms. The van der Waals surface area contributed by atoms with Gasteiger partial charge in [-0.05, 0) is 43.3 Å². The van der Waals surface area contributed by atoms with Crippen LogP contribution in [0.15, 0.2) is 71.3 Å². The lowest BCUT2D eigenvalue weighted by Crippen LogP contribution is -2.31. The van der Waals surface area contributed by atoms with Crippen LogP contribution in [0.4, 0.5) is 5.69 Å². The van der Waals surface area contributed by atoms with E-state index >= 15 is 0 Å². The van der Waals surface area contributed by atoms with Gasteiger partial charge in [0.25, 0.3) is 11.8 Å². The smallest absolute Gasteiger partial charge is 0.265 e. The fraction of sp³-hybridized carbons (Fsp3) is 0.143. The predicted octanol–water partition coefficient (Wildman–Crippen LogP) is 4.27. The third-order valence-electron chi connectivity index (χ3n) is 3.94. The summed E-state index contributed by atoms with van der Waals surface area (Å²) in [5, 5.41) is 5.91. The topological polar surface area (TPSA) is 80.6 Å². The van der Waals surface area contributed by atoms with E-state index in [1.54, 1.807) is 67.6 Å². The molecule has 3 rings (SSSR count). The highest BCUT2D eigenvalue weighted by molar-refractivity contribution is 6.32. The monoisotopic (exact) mass is 398 g/mol.